The lowest BCUT2D eigenvalue weighted by atomic mass is 10.2. The molecule has 0 bridgehead atoms. The van der Waals surface area contributed by atoms with Crippen LogP contribution in [0.5, 0.6) is 0 Å². The molecule has 4 rings (SSSR count). The van der Waals surface area contributed by atoms with Crippen LogP contribution in [-0.4, -0.2) is 30.6 Å². The van der Waals surface area contributed by atoms with Gasteiger partial charge in [0.25, 0.3) is 5.91 Å². The Morgan fingerprint density at radius 3 is 2.38 bits per heavy atom. The minimum Gasteiger partial charge on any atom is -0.468 e. The number of benzene rings is 2. The van der Waals surface area contributed by atoms with Crippen LogP contribution in [0.2, 0.25) is 0 Å². The summed E-state index contributed by atoms with van der Waals surface area (Å²) in [6.07, 6.45) is 1.11. The van der Waals surface area contributed by atoms with E-state index in [0.29, 0.717) is 11.3 Å². The van der Waals surface area contributed by atoms with E-state index in [0.717, 1.165) is 14.8 Å². The van der Waals surface area contributed by atoms with Gasteiger partial charge >= 0.3 is 0 Å². The second-order valence-corrected chi connectivity index (χ2v) is 9.28. The second-order valence-electron chi connectivity index (χ2n) is 7.39. The molecule has 2 aromatic carbocycles. The number of nitrogens with zero attached hydrogens (tertiary/aromatic N) is 3. The summed E-state index contributed by atoms with van der Waals surface area (Å²) in [5, 5.41) is 8.97. The Bertz CT molecular complexity index is 1290. The van der Waals surface area contributed by atoms with Crippen LogP contribution in [0.15, 0.2) is 76.2 Å². The van der Waals surface area contributed by atoms with Gasteiger partial charge in [-0.3, -0.25) is 9.59 Å². The van der Waals surface area contributed by atoms with E-state index in [9.17, 15) is 18.0 Å². The Morgan fingerprint density at radius 2 is 1.78 bits per heavy atom. The molecule has 1 aliphatic rings. The van der Waals surface area contributed by atoms with Crippen LogP contribution in [0.3, 0.4) is 0 Å². The Morgan fingerprint density at radius 1 is 1.09 bits per heavy atom. The smallest absolute Gasteiger partial charge is 0.252 e. The molecule has 2 amide bonds. The topological polar surface area (TPSA) is 112 Å². The van der Waals surface area contributed by atoms with Crippen molar-refractivity contribution in [2.45, 2.75) is 30.8 Å². The molecule has 162 valence electrons. The molecule has 0 saturated carbocycles. The van der Waals surface area contributed by atoms with E-state index in [1.807, 2.05) is 13.0 Å². The molecule has 1 saturated heterocycles. The number of carbonyl (C=O) groups excluding carboxylic acids is 2. The van der Waals surface area contributed by atoms with Gasteiger partial charge in [-0.15, -0.1) is 0 Å². The van der Waals surface area contributed by atoms with Crippen molar-refractivity contribution in [2.75, 3.05) is 4.90 Å². The molecule has 0 aliphatic carbocycles. The zero-order chi connectivity index (χ0) is 22.9. The number of carbonyl (C=O) groups is 2. The molecule has 32 heavy (non-hydrogen) atoms. The van der Waals surface area contributed by atoms with Crippen molar-refractivity contribution < 1.29 is 22.4 Å². The third-order valence-corrected chi connectivity index (χ3v) is 7.11. The van der Waals surface area contributed by atoms with E-state index in [-0.39, 0.29) is 23.5 Å². The van der Waals surface area contributed by atoms with Crippen molar-refractivity contribution in [2.24, 2.45) is 0 Å². The maximum Gasteiger partial charge on any atom is 0.252 e. The van der Waals surface area contributed by atoms with E-state index in [4.69, 9.17) is 9.68 Å². The summed E-state index contributed by atoms with van der Waals surface area (Å²) in [5.41, 5.74) is 1.55. The first-order valence-electron chi connectivity index (χ1n) is 9.79. The highest BCUT2D eigenvalue weighted by Gasteiger charge is 2.47. The standard InChI is InChI=1S/C23H19N3O5S/c1-16-4-10-20(11-5-16)32(29,30)25(15-19-3-2-12-31-19)21-13-22(27)26(23(21)28)18-8-6-17(14-24)7-9-18/h2-12,21H,13,15H2,1H3. The Kier molecular flexibility index (Phi) is 5.65. The third-order valence-electron chi connectivity index (χ3n) is 5.24. The predicted octanol–water partition coefficient (Wildman–Crippen LogP) is 2.98. The number of hydrogen-bond acceptors (Lipinski definition) is 6. The minimum absolute atomic E-state index is 0.0201. The Labute approximate surface area is 185 Å². The van der Waals surface area contributed by atoms with E-state index in [1.54, 1.807) is 24.3 Å². The summed E-state index contributed by atoms with van der Waals surface area (Å²) < 4.78 is 33.3. The molecule has 1 fully saturated rings. The molecule has 1 unspecified atom stereocenters. The molecule has 3 aromatic rings. The lowest BCUT2D eigenvalue weighted by Gasteiger charge is -2.26. The van der Waals surface area contributed by atoms with E-state index in [2.05, 4.69) is 0 Å². The number of imide groups is 1. The van der Waals surface area contributed by atoms with Crippen molar-refractivity contribution in [3.8, 4) is 6.07 Å². The van der Waals surface area contributed by atoms with Crippen LogP contribution >= 0.6 is 0 Å². The highest BCUT2D eigenvalue weighted by atomic mass is 32.2. The van der Waals surface area contributed by atoms with Gasteiger partial charge in [0.2, 0.25) is 15.9 Å². The van der Waals surface area contributed by atoms with Crippen LogP contribution in [0.1, 0.15) is 23.3 Å². The zero-order valence-electron chi connectivity index (χ0n) is 17.1. The fourth-order valence-corrected chi connectivity index (χ4v) is 5.11. The lowest BCUT2D eigenvalue weighted by Crippen LogP contribution is -2.45. The number of anilines is 1. The van der Waals surface area contributed by atoms with Gasteiger partial charge in [-0.05, 0) is 55.5 Å². The molecule has 9 heteroatoms. The van der Waals surface area contributed by atoms with Gasteiger partial charge < -0.3 is 4.42 Å². The van der Waals surface area contributed by atoms with Crippen LogP contribution in [0.4, 0.5) is 5.69 Å². The van der Waals surface area contributed by atoms with Crippen LogP contribution in [-0.2, 0) is 26.2 Å². The van der Waals surface area contributed by atoms with Gasteiger partial charge in [0.05, 0.1) is 41.4 Å². The molecule has 0 radical (unpaired) electrons. The zero-order valence-corrected chi connectivity index (χ0v) is 18.0. The third kappa shape index (κ3) is 3.93. The number of hydrogen-bond donors (Lipinski definition) is 0. The van der Waals surface area contributed by atoms with Crippen molar-refractivity contribution in [3.63, 3.8) is 0 Å². The first kappa shape index (κ1) is 21.5. The van der Waals surface area contributed by atoms with Crippen LogP contribution < -0.4 is 4.90 Å². The highest BCUT2D eigenvalue weighted by Crippen LogP contribution is 2.31. The number of nitriles is 1. The summed E-state index contributed by atoms with van der Waals surface area (Å²) in [7, 11) is -4.12. The maximum atomic E-state index is 13.5. The van der Waals surface area contributed by atoms with Crippen LogP contribution in [0, 0.1) is 18.3 Å². The Balaban J connectivity index is 1.72. The van der Waals surface area contributed by atoms with Crippen molar-refractivity contribution >= 4 is 27.5 Å². The summed E-state index contributed by atoms with van der Waals surface area (Å²) in [5.74, 6) is -0.826. The monoisotopic (exact) mass is 449 g/mol. The average molecular weight is 449 g/mol. The predicted molar refractivity (Wildman–Crippen MR) is 115 cm³/mol. The quantitative estimate of drug-likeness (QED) is 0.535. The number of furan rings is 1. The number of aryl methyl sites for hydroxylation is 1. The van der Waals surface area contributed by atoms with Gasteiger partial charge in [0.1, 0.15) is 11.8 Å². The minimum atomic E-state index is -4.12. The molecular weight excluding hydrogens is 430 g/mol. The molecule has 1 aliphatic heterocycles. The maximum absolute atomic E-state index is 13.5. The largest absolute Gasteiger partial charge is 0.468 e. The normalized spacial score (nSPS) is 16.5. The molecule has 0 N–H and O–H groups in total. The first-order chi connectivity index (χ1) is 15.3. The summed E-state index contributed by atoms with van der Waals surface area (Å²) in [4.78, 5) is 27.0. The SMILES string of the molecule is Cc1ccc(S(=O)(=O)N(Cc2ccco2)C2CC(=O)N(c3ccc(C#N)cc3)C2=O)cc1. The fourth-order valence-electron chi connectivity index (χ4n) is 3.56. The van der Waals surface area contributed by atoms with Gasteiger partial charge in [0, 0.05) is 0 Å². The van der Waals surface area contributed by atoms with Crippen molar-refractivity contribution in [3.05, 3.63) is 83.8 Å². The molecule has 1 aromatic heterocycles. The van der Waals surface area contributed by atoms with Gasteiger partial charge in [-0.25, -0.2) is 13.3 Å². The van der Waals surface area contributed by atoms with E-state index in [1.165, 1.54) is 42.7 Å². The summed E-state index contributed by atoms with van der Waals surface area (Å²) in [6, 6.07) is 16.2. The molecule has 2 heterocycles. The van der Waals surface area contributed by atoms with Gasteiger partial charge in [-0.1, -0.05) is 17.7 Å². The molecule has 1 atom stereocenters. The molecule has 0 spiro atoms. The average Bonchev–Trinajstić information content (AvgIpc) is 3.40. The van der Waals surface area contributed by atoms with Crippen molar-refractivity contribution in [1.29, 1.82) is 5.26 Å². The molecule has 8 nitrogen and oxygen atoms in total. The lowest BCUT2D eigenvalue weighted by molar-refractivity contribution is -0.122. The first-order valence-corrected chi connectivity index (χ1v) is 11.2. The summed E-state index contributed by atoms with van der Waals surface area (Å²) in [6.45, 7) is 1.64. The number of sulfonamides is 1. The van der Waals surface area contributed by atoms with E-state index < -0.39 is 27.9 Å². The fraction of sp³-hybridized carbons (Fsp3) is 0.174. The van der Waals surface area contributed by atoms with Gasteiger partial charge in [-0.2, -0.15) is 9.57 Å². The van der Waals surface area contributed by atoms with Crippen molar-refractivity contribution in [1.82, 2.24) is 4.31 Å². The summed E-state index contributed by atoms with van der Waals surface area (Å²) >= 11 is 0. The molecular formula is C23H19N3O5S. The number of amides is 2. The second kappa shape index (κ2) is 8.42. The number of rotatable bonds is 6. The van der Waals surface area contributed by atoms with E-state index >= 15 is 0 Å². The van der Waals surface area contributed by atoms with Gasteiger partial charge in [0.15, 0.2) is 0 Å². The highest BCUT2D eigenvalue weighted by molar-refractivity contribution is 7.89. The Hall–Kier alpha value is -3.74. The van der Waals surface area contributed by atoms with Crippen LogP contribution in [0.25, 0.3) is 0 Å².